The lowest BCUT2D eigenvalue weighted by atomic mass is 10.2. The molecule has 2 fully saturated rings. The number of thiophene rings is 1. The maximum absolute atomic E-state index is 12.8. The second-order valence-electron chi connectivity index (χ2n) is 6.70. The minimum atomic E-state index is -0.0783. The SMILES string of the molecule is O=C(CN1CCOCC1)N1CCN(C(=O)c2csc(-c3ccc(Cl)s3)n2)CC1. The van der Waals surface area contributed by atoms with E-state index >= 15 is 0 Å². The number of aromatic nitrogens is 1. The van der Waals surface area contributed by atoms with Crippen LogP contribution in [0.15, 0.2) is 17.5 Å². The Morgan fingerprint density at radius 2 is 1.79 bits per heavy atom. The summed E-state index contributed by atoms with van der Waals surface area (Å²) in [7, 11) is 0. The molecule has 0 aliphatic carbocycles. The standard InChI is InChI=1S/C18H21ClN4O3S2/c19-15-2-1-14(28-15)17-20-13(12-27-17)18(25)23-5-3-22(4-6-23)16(24)11-21-7-9-26-10-8-21/h1-2,12H,3-11H2. The number of rotatable bonds is 4. The first kappa shape index (κ1) is 19.8. The molecule has 0 atom stereocenters. The first-order valence-electron chi connectivity index (χ1n) is 9.18. The van der Waals surface area contributed by atoms with E-state index in [1.54, 1.807) is 10.3 Å². The van der Waals surface area contributed by atoms with E-state index in [9.17, 15) is 9.59 Å². The lowest BCUT2D eigenvalue weighted by molar-refractivity contribution is -0.134. The Bertz CT molecular complexity index is 842. The zero-order chi connectivity index (χ0) is 19.5. The van der Waals surface area contributed by atoms with Crippen LogP contribution in [0.5, 0.6) is 0 Å². The molecule has 2 aromatic heterocycles. The maximum atomic E-state index is 12.8. The molecule has 0 N–H and O–H groups in total. The molecule has 0 saturated carbocycles. The van der Waals surface area contributed by atoms with Gasteiger partial charge in [-0.1, -0.05) is 11.6 Å². The number of piperazine rings is 1. The number of thiazole rings is 1. The van der Waals surface area contributed by atoms with Crippen LogP contribution in [-0.4, -0.2) is 90.5 Å². The third-order valence-corrected chi connectivity index (χ3v) is 7.13. The van der Waals surface area contributed by atoms with Crippen LogP contribution in [0.4, 0.5) is 0 Å². The van der Waals surface area contributed by atoms with Gasteiger partial charge in [-0.15, -0.1) is 22.7 Å². The monoisotopic (exact) mass is 440 g/mol. The normalized spacial score (nSPS) is 18.5. The average molecular weight is 441 g/mol. The van der Waals surface area contributed by atoms with Crippen LogP contribution in [0.1, 0.15) is 10.5 Å². The topological polar surface area (TPSA) is 66.0 Å². The van der Waals surface area contributed by atoms with Crippen LogP contribution in [-0.2, 0) is 9.53 Å². The molecule has 2 saturated heterocycles. The first-order chi connectivity index (χ1) is 13.6. The lowest BCUT2D eigenvalue weighted by Crippen LogP contribution is -2.53. The summed E-state index contributed by atoms with van der Waals surface area (Å²) in [4.78, 5) is 36.5. The molecule has 2 aliphatic heterocycles. The molecular formula is C18H21ClN4O3S2. The van der Waals surface area contributed by atoms with E-state index in [4.69, 9.17) is 16.3 Å². The fraction of sp³-hybridized carbons (Fsp3) is 0.500. The van der Waals surface area contributed by atoms with Gasteiger partial charge in [-0.3, -0.25) is 14.5 Å². The van der Waals surface area contributed by atoms with Gasteiger partial charge in [0.1, 0.15) is 10.7 Å². The summed E-state index contributed by atoms with van der Waals surface area (Å²) in [6, 6.07) is 3.75. The third kappa shape index (κ3) is 4.55. The number of carbonyl (C=O) groups is 2. The van der Waals surface area contributed by atoms with Crippen LogP contribution in [0.25, 0.3) is 9.88 Å². The maximum Gasteiger partial charge on any atom is 0.273 e. The number of amides is 2. The summed E-state index contributed by atoms with van der Waals surface area (Å²) in [5.41, 5.74) is 0.456. The molecule has 2 aliphatic rings. The Kier molecular flexibility index (Phi) is 6.27. The van der Waals surface area contributed by atoms with Crippen molar-refractivity contribution >= 4 is 46.1 Å². The molecule has 4 heterocycles. The molecule has 150 valence electrons. The van der Waals surface area contributed by atoms with E-state index in [0.717, 1.165) is 23.0 Å². The zero-order valence-corrected chi connectivity index (χ0v) is 17.7. The minimum absolute atomic E-state index is 0.0783. The number of morpholine rings is 1. The van der Waals surface area contributed by atoms with Gasteiger partial charge in [0.25, 0.3) is 5.91 Å². The van der Waals surface area contributed by atoms with Crippen LogP contribution in [0.2, 0.25) is 4.34 Å². The van der Waals surface area contributed by atoms with Crippen molar-refractivity contribution in [2.45, 2.75) is 0 Å². The van der Waals surface area contributed by atoms with Crippen molar-refractivity contribution in [3.8, 4) is 9.88 Å². The number of hydrogen-bond acceptors (Lipinski definition) is 7. The smallest absolute Gasteiger partial charge is 0.273 e. The average Bonchev–Trinajstić information content (AvgIpc) is 3.37. The quantitative estimate of drug-likeness (QED) is 0.728. The summed E-state index contributed by atoms with van der Waals surface area (Å²) in [6.45, 7) is 5.58. The van der Waals surface area contributed by atoms with Crippen molar-refractivity contribution in [3.05, 3.63) is 27.5 Å². The number of halogens is 1. The van der Waals surface area contributed by atoms with Gasteiger partial charge in [0.2, 0.25) is 5.91 Å². The second kappa shape index (κ2) is 8.87. The van der Waals surface area contributed by atoms with E-state index in [1.807, 2.05) is 17.0 Å². The van der Waals surface area contributed by atoms with Gasteiger partial charge < -0.3 is 14.5 Å². The molecular weight excluding hydrogens is 420 g/mol. The van der Waals surface area contributed by atoms with Crippen molar-refractivity contribution < 1.29 is 14.3 Å². The highest BCUT2D eigenvalue weighted by atomic mass is 35.5. The third-order valence-electron chi connectivity index (χ3n) is 4.89. The van der Waals surface area contributed by atoms with E-state index in [1.165, 1.54) is 22.7 Å². The largest absolute Gasteiger partial charge is 0.379 e. The van der Waals surface area contributed by atoms with Crippen LogP contribution in [0, 0.1) is 0 Å². The minimum Gasteiger partial charge on any atom is -0.379 e. The Balaban J connectivity index is 1.30. The molecule has 2 amide bonds. The summed E-state index contributed by atoms with van der Waals surface area (Å²) >= 11 is 8.88. The van der Waals surface area contributed by atoms with Crippen molar-refractivity contribution in [1.29, 1.82) is 0 Å². The van der Waals surface area contributed by atoms with E-state index < -0.39 is 0 Å². The van der Waals surface area contributed by atoms with Gasteiger partial charge in [0.05, 0.1) is 29.0 Å². The fourth-order valence-electron chi connectivity index (χ4n) is 3.29. The lowest BCUT2D eigenvalue weighted by Gasteiger charge is -2.36. The molecule has 4 rings (SSSR count). The zero-order valence-electron chi connectivity index (χ0n) is 15.3. The van der Waals surface area contributed by atoms with Gasteiger partial charge in [-0.25, -0.2) is 4.98 Å². The number of hydrogen-bond donors (Lipinski definition) is 0. The van der Waals surface area contributed by atoms with Gasteiger partial charge in [-0.2, -0.15) is 0 Å². The summed E-state index contributed by atoms with van der Waals surface area (Å²) in [5.74, 6) is 0.0462. The molecule has 28 heavy (non-hydrogen) atoms. The van der Waals surface area contributed by atoms with Crippen LogP contribution in [0.3, 0.4) is 0 Å². The molecule has 2 aromatic rings. The van der Waals surface area contributed by atoms with E-state index in [0.29, 0.717) is 56.0 Å². The number of ether oxygens (including phenoxy) is 1. The van der Waals surface area contributed by atoms with Crippen molar-refractivity contribution in [1.82, 2.24) is 19.7 Å². The fourth-order valence-corrected chi connectivity index (χ4v) is 5.19. The number of nitrogens with zero attached hydrogens (tertiary/aromatic N) is 4. The van der Waals surface area contributed by atoms with E-state index in [-0.39, 0.29) is 11.8 Å². The molecule has 7 nitrogen and oxygen atoms in total. The van der Waals surface area contributed by atoms with Gasteiger partial charge >= 0.3 is 0 Å². The molecule has 0 bridgehead atoms. The van der Waals surface area contributed by atoms with Crippen molar-refractivity contribution in [2.75, 3.05) is 59.0 Å². The second-order valence-corrected chi connectivity index (χ2v) is 9.28. The Morgan fingerprint density at radius 1 is 1.07 bits per heavy atom. The molecule has 0 spiro atoms. The predicted octanol–water partition coefficient (Wildman–Crippen LogP) is 2.14. The van der Waals surface area contributed by atoms with Crippen molar-refractivity contribution in [3.63, 3.8) is 0 Å². The summed E-state index contributed by atoms with van der Waals surface area (Å²) in [5, 5.41) is 2.60. The number of carbonyl (C=O) groups excluding carboxylic acids is 2. The van der Waals surface area contributed by atoms with Crippen molar-refractivity contribution in [2.24, 2.45) is 0 Å². The Morgan fingerprint density at radius 3 is 2.46 bits per heavy atom. The van der Waals surface area contributed by atoms with Crippen LogP contribution >= 0.6 is 34.3 Å². The highest BCUT2D eigenvalue weighted by Gasteiger charge is 2.27. The van der Waals surface area contributed by atoms with Gasteiger partial charge in [0, 0.05) is 44.6 Å². The predicted molar refractivity (Wildman–Crippen MR) is 110 cm³/mol. The highest BCUT2D eigenvalue weighted by molar-refractivity contribution is 7.23. The first-order valence-corrected chi connectivity index (χ1v) is 11.3. The Labute approximate surface area is 176 Å². The molecule has 10 heteroatoms. The molecule has 0 radical (unpaired) electrons. The molecule has 0 aromatic carbocycles. The van der Waals surface area contributed by atoms with Crippen LogP contribution < -0.4 is 0 Å². The van der Waals surface area contributed by atoms with E-state index in [2.05, 4.69) is 9.88 Å². The van der Waals surface area contributed by atoms with Gasteiger partial charge in [-0.05, 0) is 12.1 Å². The van der Waals surface area contributed by atoms with Gasteiger partial charge in [0.15, 0.2) is 0 Å². The molecule has 0 unspecified atom stereocenters. The Hall–Kier alpha value is -1.52. The summed E-state index contributed by atoms with van der Waals surface area (Å²) < 4.78 is 6.02. The highest BCUT2D eigenvalue weighted by Crippen LogP contribution is 2.33. The summed E-state index contributed by atoms with van der Waals surface area (Å²) in [6.07, 6.45) is 0.